The van der Waals surface area contributed by atoms with Gasteiger partial charge in [0.25, 0.3) is 17.5 Å². The smallest absolute Gasteiger partial charge is 0.338 e. The molecule has 1 atom stereocenters. The van der Waals surface area contributed by atoms with Gasteiger partial charge in [-0.1, -0.05) is 43.7 Å². The standard InChI is InChI=1S/C36H34N4O7S/c1-3-4-22-47-36(44)26-14-16-28(17-15-26)37-33(41)24(2)48-30-20-18-29(19-21-30)38-35(43)31(39-34(42)25-10-6-5-7-11-25)23-27-12-8-9-13-32(27)40(45)46/h5-21,23-24H,3-4,22H2,1-2H3,(H,37,41)(H,38,43)(H,39,42)/b31-23-. The van der Waals surface area contributed by atoms with E-state index in [2.05, 4.69) is 16.0 Å². The summed E-state index contributed by atoms with van der Waals surface area (Å²) in [5, 5.41) is 19.2. The molecule has 11 nitrogen and oxygen atoms in total. The fourth-order valence-corrected chi connectivity index (χ4v) is 5.14. The molecule has 4 aromatic carbocycles. The molecule has 0 aliphatic rings. The maximum atomic E-state index is 13.4. The van der Waals surface area contributed by atoms with Gasteiger partial charge in [-0.3, -0.25) is 24.5 Å². The van der Waals surface area contributed by atoms with Crippen LogP contribution in [-0.2, 0) is 14.3 Å². The Balaban J connectivity index is 1.39. The van der Waals surface area contributed by atoms with E-state index in [0.717, 1.165) is 17.7 Å². The van der Waals surface area contributed by atoms with E-state index in [0.29, 0.717) is 29.1 Å². The number of thioether (sulfide) groups is 1. The zero-order chi connectivity index (χ0) is 34.5. The number of anilines is 2. The third kappa shape index (κ3) is 10.1. The molecule has 12 heteroatoms. The van der Waals surface area contributed by atoms with Gasteiger partial charge in [0.2, 0.25) is 5.91 Å². The SMILES string of the molecule is CCCCOC(=O)c1ccc(NC(=O)C(C)Sc2ccc(NC(=O)/C(=C/c3ccccc3[N+](=O)[O-])NC(=O)c3ccccc3)cc2)cc1. The molecule has 48 heavy (non-hydrogen) atoms. The third-order valence-electron chi connectivity index (χ3n) is 6.88. The highest BCUT2D eigenvalue weighted by atomic mass is 32.2. The molecule has 0 saturated heterocycles. The number of carbonyl (C=O) groups excluding carboxylic acids is 4. The maximum absolute atomic E-state index is 13.4. The predicted octanol–water partition coefficient (Wildman–Crippen LogP) is 7.08. The number of para-hydroxylation sites is 1. The number of nitrogens with zero attached hydrogens (tertiary/aromatic N) is 1. The Hall–Kier alpha value is -5.75. The molecule has 0 aliphatic heterocycles. The van der Waals surface area contributed by atoms with Crippen LogP contribution < -0.4 is 16.0 Å². The van der Waals surface area contributed by atoms with Crippen LogP contribution in [0.4, 0.5) is 17.1 Å². The van der Waals surface area contributed by atoms with E-state index in [1.54, 1.807) is 91.9 Å². The molecule has 0 heterocycles. The van der Waals surface area contributed by atoms with Crippen molar-refractivity contribution in [3.05, 3.63) is 136 Å². The minimum Gasteiger partial charge on any atom is -0.462 e. The zero-order valence-electron chi connectivity index (χ0n) is 26.3. The molecule has 3 amide bonds. The molecule has 0 fully saturated rings. The number of unbranched alkanes of at least 4 members (excludes halogenated alkanes) is 1. The minimum atomic E-state index is -0.689. The van der Waals surface area contributed by atoms with Gasteiger partial charge in [0, 0.05) is 27.9 Å². The Kier molecular flexibility index (Phi) is 12.6. The molecule has 4 rings (SSSR count). The van der Waals surface area contributed by atoms with E-state index >= 15 is 0 Å². The highest BCUT2D eigenvalue weighted by Gasteiger charge is 2.19. The van der Waals surface area contributed by atoms with Gasteiger partial charge in [-0.25, -0.2) is 4.79 Å². The second kappa shape index (κ2) is 17.2. The molecule has 0 aliphatic carbocycles. The van der Waals surface area contributed by atoms with E-state index in [9.17, 15) is 29.3 Å². The average molecular weight is 667 g/mol. The molecule has 0 bridgehead atoms. The molecule has 0 spiro atoms. The molecule has 4 aromatic rings. The Morgan fingerprint density at radius 1 is 0.833 bits per heavy atom. The van der Waals surface area contributed by atoms with Crippen molar-refractivity contribution in [3.63, 3.8) is 0 Å². The van der Waals surface area contributed by atoms with Crippen LogP contribution in [0.1, 0.15) is 53.0 Å². The van der Waals surface area contributed by atoms with Gasteiger partial charge in [-0.15, -0.1) is 11.8 Å². The van der Waals surface area contributed by atoms with Crippen molar-refractivity contribution >= 4 is 58.6 Å². The molecule has 0 aromatic heterocycles. The lowest BCUT2D eigenvalue weighted by molar-refractivity contribution is -0.385. The van der Waals surface area contributed by atoms with Crippen molar-refractivity contribution < 1.29 is 28.8 Å². The Morgan fingerprint density at radius 2 is 1.46 bits per heavy atom. The average Bonchev–Trinajstić information content (AvgIpc) is 3.09. The van der Waals surface area contributed by atoms with Crippen LogP contribution in [0, 0.1) is 10.1 Å². The maximum Gasteiger partial charge on any atom is 0.338 e. The van der Waals surface area contributed by atoms with Gasteiger partial charge in [0.05, 0.1) is 27.9 Å². The first-order chi connectivity index (χ1) is 23.1. The van der Waals surface area contributed by atoms with E-state index in [-0.39, 0.29) is 22.9 Å². The number of nitro groups is 1. The Labute approximate surface area is 281 Å². The van der Waals surface area contributed by atoms with Gasteiger partial charge in [0.1, 0.15) is 5.70 Å². The van der Waals surface area contributed by atoms with E-state index in [1.807, 2.05) is 6.92 Å². The van der Waals surface area contributed by atoms with Gasteiger partial charge in [-0.2, -0.15) is 0 Å². The topological polar surface area (TPSA) is 157 Å². The molecule has 0 saturated carbocycles. The molecular formula is C36H34N4O7S. The first-order valence-corrected chi connectivity index (χ1v) is 16.0. The van der Waals surface area contributed by atoms with Crippen LogP contribution in [0.2, 0.25) is 0 Å². The largest absolute Gasteiger partial charge is 0.462 e. The number of hydrogen-bond acceptors (Lipinski definition) is 8. The van der Waals surface area contributed by atoms with Crippen molar-refractivity contribution in [1.29, 1.82) is 0 Å². The summed E-state index contributed by atoms with van der Waals surface area (Å²) in [5.74, 6) is -1.90. The van der Waals surface area contributed by atoms with Crippen molar-refractivity contribution in [3.8, 4) is 0 Å². The lowest BCUT2D eigenvalue weighted by Crippen LogP contribution is -2.30. The first kappa shape index (κ1) is 35.1. The zero-order valence-corrected chi connectivity index (χ0v) is 27.1. The highest BCUT2D eigenvalue weighted by molar-refractivity contribution is 8.00. The van der Waals surface area contributed by atoms with Gasteiger partial charge in [-0.05, 0) is 86.2 Å². The fourth-order valence-electron chi connectivity index (χ4n) is 4.27. The van der Waals surface area contributed by atoms with Crippen LogP contribution in [0.5, 0.6) is 0 Å². The third-order valence-corrected chi connectivity index (χ3v) is 7.99. The number of nitro benzene ring substituents is 1. The van der Waals surface area contributed by atoms with Crippen LogP contribution in [0.25, 0.3) is 6.08 Å². The quantitative estimate of drug-likeness (QED) is 0.0322. The summed E-state index contributed by atoms with van der Waals surface area (Å²) < 4.78 is 5.21. The van der Waals surface area contributed by atoms with E-state index in [4.69, 9.17) is 4.74 Å². The van der Waals surface area contributed by atoms with Gasteiger partial charge in [0.15, 0.2) is 0 Å². The number of amides is 3. The van der Waals surface area contributed by atoms with E-state index in [1.165, 1.54) is 36.0 Å². The van der Waals surface area contributed by atoms with Crippen LogP contribution in [0.15, 0.2) is 114 Å². The van der Waals surface area contributed by atoms with Gasteiger partial charge < -0.3 is 20.7 Å². The second-order valence-electron chi connectivity index (χ2n) is 10.5. The van der Waals surface area contributed by atoms with Crippen molar-refractivity contribution in [2.24, 2.45) is 0 Å². The monoisotopic (exact) mass is 666 g/mol. The molecule has 0 radical (unpaired) electrons. The van der Waals surface area contributed by atoms with Crippen molar-refractivity contribution in [2.75, 3.05) is 17.2 Å². The number of esters is 1. The lowest BCUT2D eigenvalue weighted by Gasteiger charge is -2.14. The summed E-state index contributed by atoms with van der Waals surface area (Å²) in [6, 6.07) is 27.4. The molecule has 1 unspecified atom stereocenters. The number of carbonyl (C=O) groups is 4. The number of nitrogens with one attached hydrogen (secondary N) is 3. The fraction of sp³-hybridized carbons (Fsp3) is 0.167. The first-order valence-electron chi connectivity index (χ1n) is 15.1. The minimum absolute atomic E-state index is 0.140. The van der Waals surface area contributed by atoms with Gasteiger partial charge >= 0.3 is 5.97 Å². The van der Waals surface area contributed by atoms with Crippen molar-refractivity contribution in [2.45, 2.75) is 36.8 Å². The summed E-state index contributed by atoms with van der Waals surface area (Å²) in [7, 11) is 0. The summed E-state index contributed by atoms with van der Waals surface area (Å²) >= 11 is 1.31. The molecular weight excluding hydrogens is 632 g/mol. The summed E-state index contributed by atoms with van der Waals surface area (Å²) in [4.78, 5) is 63.0. The Morgan fingerprint density at radius 3 is 2.12 bits per heavy atom. The van der Waals surface area contributed by atoms with Crippen molar-refractivity contribution in [1.82, 2.24) is 5.32 Å². The summed E-state index contributed by atoms with van der Waals surface area (Å²) in [6.45, 7) is 4.13. The summed E-state index contributed by atoms with van der Waals surface area (Å²) in [6.07, 6.45) is 2.98. The second-order valence-corrected chi connectivity index (χ2v) is 11.9. The number of ether oxygens (including phenoxy) is 1. The molecule has 3 N–H and O–H groups in total. The van der Waals surface area contributed by atoms with Crippen LogP contribution in [-0.4, -0.2) is 40.5 Å². The summed E-state index contributed by atoms with van der Waals surface area (Å²) in [5.41, 5.74) is 1.37. The lowest BCUT2D eigenvalue weighted by atomic mass is 10.1. The predicted molar refractivity (Wildman–Crippen MR) is 186 cm³/mol. The van der Waals surface area contributed by atoms with Crippen LogP contribution >= 0.6 is 11.8 Å². The normalized spacial score (nSPS) is 11.6. The Bertz CT molecular complexity index is 1790. The number of hydrogen-bond donors (Lipinski definition) is 3. The van der Waals surface area contributed by atoms with E-state index < -0.39 is 28.0 Å². The number of rotatable bonds is 14. The van der Waals surface area contributed by atoms with Crippen LogP contribution in [0.3, 0.4) is 0 Å². The molecule has 246 valence electrons. The highest BCUT2D eigenvalue weighted by Crippen LogP contribution is 2.26. The number of benzene rings is 4.